The first-order chi connectivity index (χ1) is 15.4. The minimum absolute atomic E-state index is 0.0275. The van der Waals surface area contributed by atoms with E-state index in [2.05, 4.69) is 5.32 Å². The third kappa shape index (κ3) is 3.85. The molecule has 0 saturated heterocycles. The van der Waals surface area contributed by atoms with Crippen molar-refractivity contribution >= 4 is 29.4 Å². The number of anilines is 1. The van der Waals surface area contributed by atoms with Gasteiger partial charge in [-0.1, -0.05) is 30.3 Å². The topological polar surface area (TPSA) is 92.8 Å². The number of halogens is 1. The Hall–Kier alpha value is -4.33. The van der Waals surface area contributed by atoms with Crippen molar-refractivity contribution in [3.05, 3.63) is 94.8 Å². The van der Waals surface area contributed by atoms with Crippen LogP contribution in [0.2, 0.25) is 0 Å². The zero-order valence-corrected chi connectivity index (χ0v) is 16.9. The smallest absolute Gasteiger partial charge is 0.308 e. The van der Waals surface area contributed by atoms with Crippen LogP contribution >= 0.6 is 0 Å². The summed E-state index contributed by atoms with van der Waals surface area (Å²) in [6, 6.07) is 16.5. The van der Waals surface area contributed by atoms with Crippen LogP contribution in [0.3, 0.4) is 0 Å². The molecule has 0 bridgehead atoms. The number of ether oxygens (including phenoxy) is 1. The van der Waals surface area contributed by atoms with Gasteiger partial charge >= 0.3 is 5.97 Å². The fraction of sp³-hybridized carbons (Fsp3) is 0.0833. The van der Waals surface area contributed by atoms with Crippen molar-refractivity contribution in [1.82, 2.24) is 4.90 Å². The lowest BCUT2D eigenvalue weighted by Gasteiger charge is -2.18. The number of esters is 1. The van der Waals surface area contributed by atoms with E-state index in [1.54, 1.807) is 24.3 Å². The molecule has 3 aromatic carbocycles. The number of para-hydroxylation sites is 1. The third-order valence-corrected chi connectivity index (χ3v) is 4.95. The Morgan fingerprint density at radius 3 is 2.19 bits per heavy atom. The van der Waals surface area contributed by atoms with Crippen LogP contribution in [0.4, 0.5) is 10.1 Å². The summed E-state index contributed by atoms with van der Waals surface area (Å²) in [5, 5.41) is 2.59. The summed E-state index contributed by atoms with van der Waals surface area (Å²) in [5.74, 6) is -2.94. The summed E-state index contributed by atoms with van der Waals surface area (Å²) in [5.41, 5.74) is 0.618. The number of benzene rings is 3. The van der Waals surface area contributed by atoms with E-state index >= 15 is 0 Å². The van der Waals surface area contributed by atoms with Crippen LogP contribution in [-0.4, -0.2) is 28.6 Å². The SMILES string of the molecule is CC(=O)Oc1ccccc1C(=O)Nc1cccc(F)c1CN1C(=O)c2ccccc2C1=O. The maximum Gasteiger partial charge on any atom is 0.308 e. The fourth-order valence-electron chi connectivity index (χ4n) is 3.47. The van der Waals surface area contributed by atoms with Crippen molar-refractivity contribution in [3.8, 4) is 5.75 Å². The molecule has 1 heterocycles. The summed E-state index contributed by atoms with van der Waals surface area (Å²) in [6.07, 6.45) is 0. The second-order valence-corrected chi connectivity index (χ2v) is 7.05. The third-order valence-electron chi connectivity index (χ3n) is 4.95. The molecule has 0 atom stereocenters. The monoisotopic (exact) mass is 432 g/mol. The number of nitrogens with one attached hydrogen (secondary N) is 1. The van der Waals surface area contributed by atoms with Gasteiger partial charge in [0, 0.05) is 18.2 Å². The molecule has 7 nitrogen and oxygen atoms in total. The molecule has 4 rings (SSSR count). The van der Waals surface area contributed by atoms with Crippen molar-refractivity contribution in [1.29, 1.82) is 0 Å². The predicted molar refractivity (Wildman–Crippen MR) is 113 cm³/mol. The summed E-state index contributed by atoms with van der Waals surface area (Å²) in [7, 11) is 0. The molecule has 160 valence electrons. The number of nitrogens with zero attached hydrogens (tertiary/aromatic N) is 1. The number of rotatable bonds is 5. The van der Waals surface area contributed by atoms with Gasteiger partial charge < -0.3 is 10.1 Å². The van der Waals surface area contributed by atoms with Crippen molar-refractivity contribution < 1.29 is 28.3 Å². The molecule has 8 heteroatoms. The number of amides is 3. The van der Waals surface area contributed by atoms with Gasteiger partial charge in [0.25, 0.3) is 17.7 Å². The lowest BCUT2D eigenvalue weighted by molar-refractivity contribution is -0.131. The summed E-state index contributed by atoms with van der Waals surface area (Å²) < 4.78 is 19.8. The van der Waals surface area contributed by atoms with E-state index in [-0.39, 0.29) is 40.2 Å². The first kappa shape index (κ1) is 20.9. The van der Waals surface area contributed by atoms with Gasteiger partial charge in [0.1, 0.15) is 11.6 Å². The van der Waals surface area contributed by atoms with Crippen LogP contribution < -0.4 is 10.1 Å². The Kier molecular flexibility index (Phi) is 5.51. The van der Waals surface area contributed by atoms with Crippen LogP contribution in [0.5, 0.6) is 5.75 Å². The molecule has 3 amide bonds. The van der Waals surface area contributed by atoms with E-state index in [0.717, 1.165) is 4.90 Å². The molecule has 1 aliphatic heterocycles. The van der Waals surface area contributed by atoms with E-state index < -0.39 is 29.5 Å². The Bertz CT molecular complexity index is 1240. The molecular weight excluding hydrogens is 415 g/mol. The molecule has 1 aliphatic rings. The van der Waals surface area contributed by atoms with E-state index in [1.165, 1.54) is 49.4 Å². The Morgan fingerprint density at radius 2 is 1.53 bits per heavy atom. The number of hydrogen-bond acceptors (Lipinski definition) is 5. The minimum atomic E-state index is -0.687. The van der Waals surface area contributed by atoms with Gasteiger partial charge in [-0.25, -0.2) is 4.39 Å². The molecule has 0 aliphatic carbocycles. The second-order valence-electron chi connectivity index (χ2n) is 7.05. The standard InChI is InChI=1S/C24H17FN2O5/c1-14(28)32-21-12-5-4-9-17(21)22(29)26-20-11-6-10-19(25)18(20)13-27-23(30)15-7-2-3-8-16(15)24(27)31/h2-12H,13H2,1H3,(H,26,29). The van der Waals surface area contributed by atoms with Crippen molar-refractivity contribution in [3.63, 3.8) is 0 Å². The van der Waals surface area contributed by atoms with Gasteiger partial charge in [-0.3, -0.25) is 24.1 Å². The fourth-order valence-corrected chi connectivity index (χ4v) is 3.47. The normalized spacial score (nSPS) is 12.5. The number of hydrogen-bond donors (Lipinski definition) is 1. The average molecular weight is 432 g/mol. The first-order valence-corrected chi connectivity index (χ1v) is 9.68. The number of imide groups is 1. The van der Waals surface area contributed by atoms with Gasteiger partial charge in [-0.05, 0) is 36.4 Å². The van der Waals surface area contributed by atoms with Crippen molar-refractivity contribution in [2.24, 2.45) is 0 Å². The molecule has 0 unspecified atom stereocenters. The molecule has 1 N–H and O–H groups in total. The average Bonchev–Trinajstić information content (AvgIpc) is 3.01. The van der Waals surface area contributed by atoms with Crippen LogP contribution in [0.25, 0.3) is 0 Å². The van der Waals surface area contributed by atoms with Crippen molar-refractivity contribution in [2.75, 3.05) is 5.32 Å². The number of carbonyl (C=O) groups excluding carboxylic acids is 4. The van der Waals surface area contributed by atoms with Crippen LogP contribution in [0.1, 0.15) is 43.6 Å². The highest BCUT2D eigenvalue weighted by molar-refractivity contribution is 6.21. The summed E-state index contributed by atoms with van der Waals surface area (Å²) in [6.45, 7) is 0.849. The molecular formula is C24H17FN2O5. The zero-order valence-electron chi connectivity index (χ0n) is 16.9. The zero-order chi connectivity index (χ0) is 22.8. The van der Waals surface area contributed by atoms with Gasteiger partial charge in [-0.2, -0.15) is 0 Å². The molecule has 32 heavy (non-hydrogen) atoms. The molecule has 0 radical (unpaired) electrons. The molecule has 0 saturated carbocycles. The Labute approximate surface area is 182 Å². The summed E-state index contributed by atoms with van der Waals surface area (Å²) in [4.78, 5) is 50.5. The molecule has 0 spiro atoms. The van der Waals surface area contributed by atoms with Crippen molar-refractivity contribution in [2.45, 2.75) is 13.5 Å². The highest BCUT2D eigenvalue weighted by Gasteiger charge is 2.36. The summed E-state index contributed by atoms with van der Waals surface area (Å²) >= 11 is 0. The minimum Gasteiger partial charge on any atom is -0.426 e. The van der Waals surface area contributed by atoms with Gasteiger partial charge in [0.2, 0.25) is 0 Å². The van der Waals surface area contributed by atoms with E-state index in [0.29, 0.717) is 0 Å². The largest absolute Gasteiger partial charge is 0.426 e. The Balaban J connectivity index is 1.63. The highest BCUT2D eigenvalue weighted by atomic mass is 19.1. The van der Waals surface area contributed by atoms with Crippen LogP contribution in [-0.2, 0) is 11.3 Å². The highest BCUT2D eigenvalue weighted by Crippen LogP contribution is 2.29. The molecule has 0 aromatic heterocycles. The molecule has 3 aromatic rings. The first-order valence-electron chi connectivity index (χ1n) is 9.68. The van der Waals surface area contributed by atoms with E-state index in [4.69, 9.17) is 4.74 Å². The lowest BCUT2D eigenvalue weighted by atomic mass is 10.1. The van der Waals surface area contributed by atoms with Crippen LogP contribution in [0, 0.1) is 5.82 Å². The number of carbonyl (C=O) groups is 4. The van der Waals surface area contributed by atoms with Crippen LogP contribution in [0.15, 0.2) is 66.7 Å². The quantitative estimate of drug-likeness (QED) is 0.376. The van der Waals surface area contributed by atoms with Gasteiger partial charge in [0.15, 0.2) is 0 Å². The maximum atomic E-state index is 14.7. The molecule has 0 fully saturated rings. The Morgan fingerprint density at radius 1 is 0.906 bits per heavy atom. The van der Waals surface area contributed by atoms with Gasteiger partial charge in [-0.15, -0.1) is 0 Å². The number of fused-ring (bicyclic) bond motifs is 1. The predicted octanol–water partition coefficient (Wildman–Crippen LogP) is 3.80. The maximum absolute atomic E-state index is 14.7. The van der Waals surface area contributed by atoms with E-state index in [1.807, 2.05) is 0 Å². The van der Waals surface area contributed by atoms with Gasteiger partial charge in [0.05, 0.1) is 23.2 Å². The lowest BCUT2D eigenvalue weighted by Crippen LogP contribution is -2.30. The second kappa shape index (κ2) is 8.43. The van der Waals surface area contributed by atoms with E-state index in [9.17, 15) is 23.6 Å².